The Bertz CT molecular complexity index is 221. The van der Waals surface area contributed by atoms with Gasteiger partial charge in [-0.15, -0.1) is 0 Å². The Morgan fingerprint density at radius 3 is 2.50 bits per heavy atom. The van der Waals surface area contributed by atoms with Gasteiger partial charge in [0, 0.05) is 25.2 Å². The number of ether oxygens (including phenoxy) is 1. The average Bonchev–Trinajstić information content (AvgIpc) is 2.89. The van der Waals surface area contributed by atoms with Crippen molar-refractivity contribution in [2.24, 2.45) is 5.73 Å². The van der Waals surface area contributed by atoms with E-state index in [9.17, 15) is 0 Å². The summed E-state index contributed by atoms with van der Waals surface area (Å²) in [5.74, 6) is 0. The van der Waals surface area contributed by atoms with Gasteiger partial charge in [-0.2, -0.15) is 0 Å². The van der Waals surface area contributed by atoms with Crippen molar-refractivity contribution < 1.29 is 4.74 Å². The summed E-state index contributed by atoms with van der Waals surface area (Å²) in [4.78, 5) is 2.70. The van der Waals surface area contributed by atoms with Gasteiger partial charge in [-0.1, -0.05) is 6.92 Å². The summed E-state index contributed by atoms with van der Waals surface area (Å²) in [5.41, 5.74) is 6.01. The molecule has 1 saturated carbocycles. The van der Waals surface area contributed by atoms with Gasteiger partial charge < -0.3 is 15.4 Å². The fraction of sp³-hybridized carbons (Fsp3) is 1.00. The van der Waals surface area contributed by atoms with Crippen LogP contribution in [0.3, 0.4) is 0 Å². The van der Waals surface area contributed by atoms with Crippen LogP contribution < -0.4 is 5.73 Å². The molecule has 18 heavy (non-hydrogen) atoms. The topological polar surface area (TPSA) is 38.5 Å². The lowest BCUT2D eigenvalue weighted by atomic mass is 9.90. The van der Waals surface area contributed by atoms with E-state index >= 15 is 0 Å². The van der Waals surface area contributed by atoms with Crippen LogP contribution in [-0.4, -0.2) is 42.8 Å². The van der Waals surface area contributed by atoms with E-state index in [1.165, 1.54) is 64.5 Å². The van der Waals surface area contributed by atoms with E-state index in [0.29, 0.717) is 12.1 Å². The highest BCUT2D eigenvalue weighted by molar-refractivity contribution is 4.81. The monoisotopic (exact) mass is 254 g/mol. The van der Waals surface area contributed by atoms with Crippen molar-refractivity contribution in [1.29, 1.82) is 0 Å². The Labute approximate surface area is 112 Å². The summed E-state index contributed by atoms with van der Waals surface area (Å²) in [6.07, 6.45) is 10.6. The maximum Gasteiger partial charge on any atom is 0.0588 e. The van der Waals surface area contributed by atoms with E-state index in [0.717, 1.165) is 12.6 Å². The van der Waals surface area contributed by atoms with Gasteiger partial charge in [-0.3, -0.25) is 0 Å². The Hall–Kier alpha value is -0.120. The molecular formula is C15H30N2O. The van der Waals surface area contributed by atoms with Crippen LogP contribution in [0, 0.1) is 0 Å². The maximum atomic E-state index is 6.01. The SMILES string of the molecule is CCCN(CCC1CCCO1)C1CCC(N)CC1. The van der Waals surface area contributed by atoms with Crippen molar-refractivity contribution in [3.05, 3.63) is 0 Å². The third-order valence-electron chi connectivity index (χ3n) is 4.53. The summed E-state index contributed by atoms with van der Waals surface area (Å²) in [5, 5.41) is 0. The fourth-order valence-electron chi connectivity index (χ4n) is 3.41. The summed E-state index contributed by atoms with van der Waals surface area (Å²) < 4.78 is 5.74. The molecular weight excluding hydrogens is 224 g/mol. The highest BCUT2D eigenvalue weighted by Gasteiger charge is 2.25. The summed E-state index contributed by atoms with van der Waals surface area (Å²) in [6.45, 7) is 5.73. The van der Waals surface area contributed by atoms with Crippen molar-refractivity contribution in [3.63, 3.8) is 0 Å². The zero-order chi connectivity index (χ0) is 12.8. The molecule has 0 aromatic heterocycles. The van der Waals surface area contributed by atoms with Crippen molar-refractivity contribution in [2.45, 2.75) is 76.5 Å². The molecule has 0 spiro atoms. The van der Waals surface area contributed by atoms with Crippen LogP contribution in [0.2, 0.25) is 0 Å². The Kier molecular flexibility index (Phi) is 5.93. The number of nitrogens with zero attached hydrogens (tertiary/aromatic N) is 1. The van der Waals surface area contributed by atoms with E-state index in [1.807, 2.05) is 0 Å². The zero-order valence-corrected chi connectivity index (χ0v) is 11.9. The first-order valence-electron chi connectivity index (χ1n) is 7.90. The molecule has 1 aliphatic heterocycles. The summed E-state index contributed by atoms with van der Waals surface area (Å²) >= 11 is 0. The van der Waals surface area contributed by atoms with Crippen LogP contribution in [-0.2, 0) is 4.74 Å². The van der Waals surface area contributed by atoms with Crippen LogP contribution in [0.5, 0.6) is 0 Å². The minimum Gasteiger partial charge on any atom is -0.378 e. The Morgan fingerprint density at radius 2 is 1.89 bits per heavy atom. The largest absolute Gasteiger partial charge is 0.378 e. The lowest BCUT2D eigenvalue weighted by molar-refractivity contribution is 0.0770. The molecule has 2 fully saturated rings. The molecule has 2 N–H and O–H groups in total. The molecule has 1 unspecified atom stereocenters. The molecule has 3 heteroatoms. The molecule has 2 rings (SSSR count). The minimum absolute atomic E-state index is 0.461. The van der Waals surface area contributed by atoms with Crippen molar-refractivity contribution >= 4 is 0 Å². The van der Waals surface area contributed by atoms with Crippen molar-refractivity contribution in [1.82, 2.24) is 4.90 Å². The van der Waals surface area contributed by atoms with Gasteiger partial charge in [0.15, 0.2) is 0 Å². The first-order chi connectivity index (χ1) is 8.79. The second kappa shape index (κ2) is 7.46. The number of hydrogen-bond acceptors (Lipinski definition) is 3. The van der Waals surface area contributed by atoms with E-state index in [-0.39, 0.29) is 0 Å². The fourth-order valence-corrected chi connectivity index (χ4v) is 3.41. The van der Waals surface area contributed by atoms with Crippen LogP contribution >= 0.6 is 0 Å². The lowest BCUT2D eigenvalue weighted by Gasteiger charge is -2.36. The van der Waals surface area contributed by atoms with E-state index in [1.54, 1.807) is 0 Å². The zero-order valence-electron chi connectivity index (χ0n) is 11.9. The molecule has 1 aliphatic carbocycles. The summed E-state index contributed by atoms with van der Waals surface area (Å²) in [6, 6.07) is 1.24. The number of nitrogens with two attached hydrogens (primary N) is 1. The Morgan fingerprint density at radius 1 is 1.11 bits per heavy atom. The first-order valence-corrected chi connectivity index (χ1v) is 7.90. The smallest absolute Gasteiger partial charge is 0.0588 e. The third-order valence-corrected chi connectivity index (χ3v) is 4.53. The second-order valence-electron chi connectivity index (χ2n) is 6.03. The molecule has 0 amide bonds. The number of hydrogen-bond donors (Lipinski definition) is 1. The Balaban J connectivity index is 1.75. The summed E-state index contributed by atoms with van der Waals surface area (Å²) in [7, 11) is 0. The van der Waals surface area contributed by atoms with Gasteiger partial charge in [-0.05, 0) is 57.9 Å². The predicted octanol–water partition coefficient (Wildman–Crippen LogP) is 2.54. The first kappa shape index (κ1) is 14.3. The molecule has 1 saturated heterocycles. The second-order valence-corrected chi connectivity index (χ2v) is 6.03. The molecule has 2 aliphatic rings. The quantitative estimate of drug-likeness (QED) is 0.791. The molecule has 0 radical (unpaired) electrons. The van der Waals surface area contributed by atoms with Crippen LogP contribution in [0.15, 0.2) is 0 Å². The molecule has 106 valence electrons. The minimum atomic E-state index is 0.461. The van der Waals surface area contributed by atoms with Crippen LogP contribution in [0.25, 0.3) is 0 Å². The van der Waals surface area contributed by atoms with E-state index in [2.05, 4.69) is 11.8 Å². The molecule has 0 aromatic rings. The van der Waals surface area contributed by atoms with Gasteiger partial charge in [0.1, 0.15) is 0 Å². The predicted molar refractivity (Wildman–Crippen MR) is 75.7 cm³/mol. The molecule has 0 aromatic carbocycles. The molecule has 3 nitrogen and oxygen atoms in total. The normalized spacial score (nSPS) is 33.2. The standard InChI is InChI=1S/C15H30N2O/c1-2-10-17(11-9-15-4-3-12-18-15)14-7-5-13(16)6-8-14/h13-15H,2-12,16H2,1H3. The van der Waals surface area contributed by atoms with Gasteiger partial charge in [-0.25, -0.2) is 0 Å². The van der Waals surface area contributed by atoms with E-state index < -0.39 is 0 Å². The van der Waals surface area contributed by atoms with Gasteiger partial charge >= 0.3 is 0 Å². The van der Waals surface area contributed by atoms with E-state index in [4.69, 9.17) is 10.5 Å². The van der Waals surface area contributed by atoms with Crippen molar-refractivity contribution in [2.75, 3.05) is 19.7 Å². The molecule has 1 atom stereocenters. The highest BCUT2D eigenvalue weighted by atomic mass is 16.5. The van der Waals surface area contributed by atoms with Gasteiger partial charge in [0.2, 0.25) is 0 Å². The third kappa shape index (κ3) is 4.22. The highest BCUT2D eigenvalue weighted by Crippen LogP contribution is 2.24. The maximum absolute atomic E-state index is 6.01. The molecule has 0 bridgehead atoms. The van der Waals surface area contributed by atoms with Gasteiger partial charge in [0.25, 0.3) is 0 Å². The van der Waals surface area contributed by atoms with Crippen LogP contribution in [0.4, 0.5) is 0 Å². The number of rotatable bonds is 6. The lowest BCUT2D eigenvalue weighted by Crippen LogP contribution is -2.42. The molecule has 1 heterocycles. The van der Waals surface area contributed by atoms with Crippen molar-refractivity contribution in [3.8, 4) is 0 Å². The van der Waals surface area contributed by atoms with Crippen LogP contribution in [0.1, 0.15) is 58.3 Å². The van der Waals surface area contributed by atoms with Gasteiger partial charge in [0.05, 0.1) is 6.10 Å². The average molecular weight is 254 g/mol.